The van der Waals surface area contributed by atoms with Crippen molar-refractivity contribution in [1.29, 1.82) is 5.26 Å². The lowest BCUT2D eigenvalue weighted by atomic mass is 9.95. The third-order valence-corrected chi connectivity index (χ3v) is 13.0. The van der Waals surface area contributed by atoms with Gasteiger partial charge >= 0.3 is 0 Å². The van der Waals surface area contributed by atoms with Crippen LogP contribution in [-0.2, 0) is 29.6 Å². The molecule has 1 aromatic carbocycles. The maximum atomic E-state index is 14.1. The van der Waals surface area contributed by atoms with Gasteiger partial charge in [0.1, 0.15) is 16.7 Å². The number of carboxylic acid groups (broad SMARTS) is 1. The van der Waals surface area contributed by atoms with E-state index in [4.69, 9.17) is 33.1 Å². The smallest absolute Gasteiger partial charge is 0.290 e. The van der Waals surface area contributed by atoms with Crippen LogP contribution in [0.25, 0.3) is 0 Å². The number of fused-ring (bicyclic) bond motifs is 1. The van der Waals surface area contributed by atoms with E-state index in [0.717, 1.165) is 38.3 Å². The van der Waals surface area contributed by atoms with Gasteiger partial charge in [0.05, 0.1) is 26.7 Å². The van der Waals surface area contributed by atoms with E-state index in [1.807, 2.05) is 6.07 Å². The van der Waals surface area contributed by atoms with Crippen molar-refractivity contribution in [3.05, 3.63) is 52.3 Å². The average molecular weight is 704 g/mol. The summed E-state index contributed by atoms with van der Waals surface area (Å²) < 4.78 is 28.2. The van der Waals surface area contributed by atoms with E-state index in [9.17, 15) is 23.3 Å². The number of hydrogen-bond acceptors (Lipinski definition) is 9. The molecule has 3 saturated heterocycles. The predicted molar refractivity (Wildman–Crippen MR) is 174 cm³/mol. The molecule has 15 heteroatoms. The Kier molecular flexibility index (Phi) is 9.17. The number of sulfone groups is 1. The lowest BCUT2D eigenvalue weighted by Gasteiger charge is -2.39. The first-order valence-corrected chi connectivity index (χ1v) is 18.0. The van der Waals surface area contributed by atoms with Gasteiger partial charge in [0.25, 0.3) is 6.47 Å². The molecule has 47 heavy (non-hydrogen) atoms. The summed E-state index contributed by atoms with van der Waals surface area (Å²) in [6, 6.07) is 10.1. The van der Waals surface area contributed by atoms with Gasteiger partial charge in [0.2, 0.25) is 11.8 Å². The zero-order valence-electron chi connectivity index (χ0n) is 25.6. The van der Waals surface area contributed by atoms with Crippen LogP contribution >= 0.6 is 23.2 Å². The summed E-state index contributed by atoms with van der Waals surface area (Å²) in [6.45, 7) is 3.44. The number of nitrogens with zero attached hydrogens (tertiary/aromatic N) is 5. The normalized spacial score (nSPS) is 25.5. The van der Waals surface area contributed by atoms with Crippen LogP contribution < -0.4 is 10.2 Å². The second kappa shape index (κ2) is 12.9. The molecule has 2 aromatic rings. The van der Waals surface area contributed by atoms with Crippen LogP contribution in [0, 0.1) is 11.3 Å². The Morgan fingerprint density at radius 1 is 1.09 bits per heavy atom. The number of anilines is 1. The molecule has 3 atom stereocenters. The molecule has 5 aliphatic rings. The van der Waals surface area contributed by atoms with Gasteiger partial charge in [-0.05, 0) is 81.3 Å². The monoisotopic (exact) mass is 702 g/mol. The van der Waals surface area contributed by atoms with E-state index in [0.29, 0.717) is 42.4 Å². The minimum absolute atomic E-state index is 0.000370. The zero-order valence-corrected chi connectivity index (χ0v) is 28.0. The lowest BCUT2D eigenvalue weighted by molar-refractivity contribution is -0.140. The molecule has 12 nitrogen and oxygen atoms in total. The van der Waals surface area contributed by atoms with E-state index in [1.54, 1.807) is 30.5 Å². The van der Waals surface area contributed by atoms with Crippen LogP contribution in [0.2, 0.25) is 10.2 Å². The van der Waals surface area contributed by atoms with Crippen molar-refractivity contribution < 1.29 is 27.9 Å². The number of carbonyl (C=O) groups excluding carboxylic acids is 2. The molecule has 2 amide bonds. The van der Waals surface area contributed by atoms with Crippen LogP contribution in [0.3, 0.4) is 0 Å². The van der Waals surface area contributed by atoms with Crippen molar-refractivity contribution >= 4 is 57.0 Å². The van der Waals surface area contributed by atoms with Gasteiger partial charge in [-0.3, -0.25) is 19.3 Å². The highest BCUT2D eigenvalue weighted by Crippen LogP contribution is 2.51. The molecule has 4 heterocycles. The van der Waals surface area contributed by atoms with Crippen molar-refractivity contribution in [3.63, 3.8) is 0 Å². The second-order valence-electron chi connectivity index (χ2n) is 13.0. The van der Waals surface area contributed by atoms with Crippen molar-refractivity contribution in [1.82, 2.24) is 20.1 Å². The number of hydrogen-bond donors (Lipinski definition) is 2. The number of aromatic nitrogens is 1. The Morgan fingerprint density at radius 3 is 2.45 bits per heavy atom. The Labute approximate surface area is 283 Å². The molecule has 5 fully saturated rings. The minimum Gasteiger partial charge on any atom is -0.483 e. The molecule has 250 valence electrons. The topological polar surface area (TPSA) is 164 Å². The summed E-state index contributed by atoms with van der Waals surface area (Å²) in [6.07, 6.45) is 6.00. The summed E-state index contributed by atoms with van der Waals surface area (Å²) in [5, 5.41) is 18.7. The van der Waals surface area contributed by atoms with Crippen molar-refractivity contribution in [2.24, 2.45) is 0 Å². The third-order valence-electron chi connectivity index (χ3n) is 10.2. The lowest BCUT2D eigenvalue weighted by Crippen LogP contribution is -2.51. The fourth-order valence-electron chi connectivity index (χ4n) is 7.21. The summed E-state index contributed by atoms with van der Waals surface area (Å²) in [5.74, 6) is -0.818. The molecule has 2 saturated carbocycles. The number of pyridine rings is 1. The number of benzene rings is 1. The molecular formula is C32H36Cl2N6O6S. The fourth-order valence-corrected chi connectivity index (χ4v) is 9.56. The number of likely N-dealkylation sites (tertiary alicyclic amines) is 1. The summed E-state index contributed by atoms with van der Waals surface area (Å²) >= 11 is 12.7. The number of halogens is 2. The highest BCUT2D eigenvalue weighted by Gasteiger charge is 2.58. The molecule has 2 aliphatic carbocycles. The largest absolute Gasteiger partial charge is 0.483 e. The van der Waals surface area contributed by atoms with Crippen molar-refractivity contribution in [2.75, 3.05) is 37.6 Å². The highest BCUT2D eigenvalue weighted by atomic mass is 35.5. The first-order chi connectivity index (χ1) is 22.5. The van der Waals surface area contributed by atoms with E-state index >= 15 is 0 Å². The molecule has 0 spiro atoms. The Balaban J connectivity index is 0.00000124. The van der Waals surface area contributed by atoms with Gasteiger partial charge in [-0.25, -0.2) is 13.4 Å². The molecule has 0 bridgehead atoms. The minimum atomic E-state index is -4.02. The van der Waals surface area contributed by atoms with Gasteiger partial charge in [0.15, 0.2) is 9.84 Å². The van der Waals surface area contributed by atoms with Crippen LogP contribution in [0.4, 0.5) is 5.69 Å². The van der Waals surface area contributed by atoms with E-state index in [2.05, 4.69) is 26.2 Å². The second-order valence-corrected chi connectivity index (χ2v) is 16.0. The van der Waals surface area contributed by atoms with Gasteiger partial charge in [-0.2, -0.15) is 5.26 Å². The van der Waals surface area contributed by atoms with Crippen LogP contribution in [-0.4, -0.2) is 102 Å². The number of nitrogens with one attached hydrogen (secondary N) is 1. The van der Waals surface area contributed by atoms with E-state index in [-0.39, 0.29) is 35.3 Å². The van der Waals surface area contributed by atoms with Gasteiger partial charge < -0.3 is 20.2 Å². The van der Waals surface area contributed by atoms with E-state index < -0.39 is 38.0 Å². The Morgan fingerprint density at radius 2 is 1.83 bits per heavy atom. The number of piperazine rings is 1. The summed E-state index contributed by atoms with van der Waals surface area (Å²) in [4.78, 5) is 46.4. The van der Waals surface area contributed by atoms with Crippen LogP contribution in [0.15, 0.2) is 41.4 Å². The quantitative estimate of drug-likeness (QED) is 0.324. The number of nitriles is 1. The molecular weight excluding hydrogens is 667 g/mol. The SMILES string of the molecule is N#CC1(NC(=O)[C@@H]2C[C@@H](S(=O)(=O)c3ccc(N4CCN5CCC[C@H]5C4)cc3Cl)CN2C(=O)C2(c3ccc(Cl)nc3)CC2)CC1.O=CO. The maximum Gasteiger partial charge on any atom is 0.290 e. The van der Waals surface area contributed by atoms with Crippen molar-refractivity contribution in [2.45, 2.75) is 78.1 Å². The number of carbonyl (C=O) groups is 3. The third kappa shape index (κ3) is 6.40. The predicted octanol–water partition coefficient (Wildman–Crippen LogP) is 3.02. The summed E-state index contributed by atoms with van der Waals surface area (Å²) in [7, 11) is -4.02. The highest BCUT2D eigenvalue weighted by molar-refractivity contribution is 7.92. The standard InChI is InChI=1S/C31H34Cl2N6O4S.CH2O2/c32-24-14-21(38-13-12-37-11-1-2-22(37)17-38)4-5-26(24)44(42,43)23-15-25(28(40)36-30(19-34)7-8-30)39(18-23)29(41)31(9-10-31)20-3-6-27(33)35-16-20;2-1-3/h3-6,14,16,22-23,25H,1-2,7-13,15,17-18H2,(H,36,40);1H,(H,2,3)/t22-,23+,25-;/m0./s1. The maximum absolute atomic E-state index is 14.1. The first-order valence-electron chi connectivity index (χ1n) is 15.7. The molecule has 3 aliphatic heterocycles. The fraction of sp³-hybridized carbons (Fsp3) is 0.531. The molecule has 0 unspecified atom stereocenters. The van der Waals surface area contributed by atoms with Crippen LogP contribution in [0.5, 0.6) is 0 Å². The Bertz CT molecular complexity index is 1710. The van der Waals surface area contributed by atoms with Gasteiger partial charge in [-0.15, -0.1) is 0 Å². The number of amides is 2. The first kappa shape index (κ1) is 33.5. The zero-order chi connectivity index (χ0) is 33.6. The van der Waals surface area contributed by atoms with Gasteiger partial charge in [0, 0.05) is 44.1 Å². The Hall–Kier alpha value is -3.44. The summed E-state index contributed by atoms with van der Waals surface area (Å²) in [5.41, 5.74) is -0.266. The van der Waals surface area contributed by atoms with Gasteiger partial charge in [-0.1, -0.05) is 29.3 Å². The number of rotatable bonds is 7. The average Bonchev–Trinajstić information content (AvgIpc) is 3.92. The molecule has 1 aromatic heterocycles. The van der Waals surface area contributed by atoms with E-state index in [1.165, 1.54) is 11.3 Å². The molecule has 7 rings (SSSR count). The molecule has 0 radical (unpaired) electrons. The molecule has 2 N–H and O–H groups in total. The van der Waals surface area contributed by atoms with Crippen LogP contribution in [0.1, 0.15) is 50.5 Å². The van der Waals surface area contributed by atoms with Crippen molar-refractivity contribution in [3.8, 4) is 6.07 Å².